The molecule has 1 aromatic carbocycles. The fraction of sp³-hybridized carbons (Fsp3) is 0.476. The van der Waals surface area contributed by atoms with Gasteiger partial charge < -0.3 is 15.7 Å². The smallest absolute Gasteiger partial charge is 0.307 e. The van der Waals surface area contributed by atoms with E-state index in [1.807, 2.05) is 32.9 Å². The topological polar surface area (TPSA) is 95.5 Å². The quantitative estimate of drug-likeness (QED) is 0.671. The first kappa shape index (κ1) is 19.1. The van der Waals surface area contributed by atoms with Crippen molar-refractivity contribution in [3.05, 3.63) is 42.0 Å². The summed E-state index contributed by atoms with van der Waals surface area (Å²) in [6.45, 7) is 5.93. The van der Waals surface area contributed by atoms with E-state index >= 15 is 0 Å². The maximum Gasteiger partial charge on any atom is 0.307 e. The van der Waals surface area contributed by atoms with Gasteiger partial charge in [0.2, 0.25) is 5.91 Å². The summed E-state index contributed by atoms with van der Waals surface area (Å²) in [5.74, 6) is -2.65. The molecule has 6 heteroatoms. The molecule has 6 nitrogen and oxygen atoms in total. The van der Waals surface area contributed by atoms with Gasteiger partial charge in [0.05, 0.1) is 11.8 Å². The molecule has 0 unspecified atom stereocenters. The van der Waals surface area contributed by atoms with E-state index in [-0.39, 0.29) is 29.2 Å². The van der Waals surface area contributed by atoms with Crippen LogP contribution in [-0.2, 0) is 9.59 Å². The molecule has 3 rings (SSSR count). The molecule has 1 saturated carbocycles. The molecule has 1 fully saturated rings. The number of benzene rings is 1. The molecule has 2 bridgehead atoms. The van der Waals surface area contributed by atoms with E-state index in [4.69, 9.17) is 0 Å². The van der Waals surface area contributed by atoms with Crippen molar-refractivity contribution in [2.24, 2.45) is 23.7 Å². The number of allylic oxidation sites excluding steroid dienone is 2. The summed E-state index contributed by atoms with van der Waals surface area (Å²) in [6.07, 6.45) is 5.41. The normalized spacial score (nSPS) is 26.0. The lowest BCUT2D eigenvalue weighted by Gasteiger charge is -2.25. The Bertz CT molecular complexity index is 782. The van der Waals surface area contributed by atoms with Crippen molar-refractivity contribution in [3.63, 3.8) is 0 Å². The number of nitrogens with one attached hydrogen (secondary N) is 2. The number of amides is 2. The Kier molecular flexibility index (Phi) is 5.09. The number of hydrogen-bond donors (Lipinski definition) is 3. The molecule has 27 heavy (non-hydrogen) atoms. The monoisotopic (exact) mass is 370 g/mol. The average molecular weight is 370 g/mol. The first-order valence-corrected chi connectivity index (χ1v) is 9.36. The lowest BCUT2D eigenvalue weighted by atomic mass is 9.82. The molecule has 1 aromatic rings. The Morgan fingerprint density at radius 2 is 1.67 bits per heavy atom. The lowest BCUT2D eigenvalue weighted by molar-refractivity contribution is -0.146. The third-order valence-corrected chi connectivity index (χ3v) is 5.80. The Hall–Kier alpha value is -2.63. The van der Waals surface area contributed by atoms with Crippen LogP contribution in [0.4, 0.5) is 5.69 Å². The van der Waals surface area contributed by atoms with E-state index in [9.17, 15) is 19.5 Å². The molecule has 0 aliphatic heterocycles. The summed E-state index contributed by atoms with van der Waals surface area (Å²) in [7, 11) is 0. The van der Waals surface area contributed by atoms with Gasteiger partial charge in [-0.25, -0.2) is 0 Å². The summed E-state index contributed by atoms with van der Waals surface area (Å²) in [6, 6.07) is 6.66. The van der Waals surface area contributed by atoms with E-state index in [2.05, 4.69) is 10.6 Å². The van der Waals surface area contributed by atoms with Gasteiger partial charge >= 0.3 is 5.97 Å². The summed E-state index contributed by atoms with van der Waals surface area (Å²) in [4.78, 5) is 36.5. The molecule has 2 amide bonds. The van der Waals surface area contributed by atoms with Crippen molar-refractivity contribution in [3.8, 4) is 0 Å². The second kappa shape index (κ2) is 7.18. The number of rotatable bonds is 6. The van der Waals surface area contributed by atoms with Crippen molar-refractivity contribution >= 4 is 23.5 Å². The molecular weight excluding hydrogens is 344 g/mol. The first-order valence-electron chi connectivity index (χ1n) is 9.36. The van der Waals surface area contributed by atoms with Crippen molar-refractivity contribution in [2.45, 2.75) is 39.2 Å². The summed E-state index contributed by atoms with van der Waals surface area (Å²) >= 11 is 0. The van der Waals surface area contributed by atoms with Crippen LogP contribution in [-0.4, -0.2) is 28.4 Å². The zero-order valence-corrected chi connectivity index (χ0v) is 15.9. The van der Waals surface area contributed by atoms with Gasteiger partial charge in [-0.05, 0) is 62.8 Å². The Labute approximate surface area is 159 Å². The van der Waals surface area contributed by atoms with Gasteiger partial charge in [0.1, 0.15) is 0 Å². The van der Waals surface area contributed by atoms with Gasteiger partial charge in [-0.3, -0.25) is 14.4 Å². The van der Waals surface area contributed by atoms with Crippen LogP contribution in [0.15, 0.2) is 36.4 Å². The number of carboxylic acid groups (broad SMARTS) is 1. The van der Waals surface area contributed by atoms with Crippen LogP contribution in [0.25, 0.3) is 0 Å². The summed E-state index contributed by atoms with van der Waals surface area (Å²) < 4.78 is 0. The van der Waals surface area contributed by atoms with Crippen LogP contribution in [0.1, 0.15) is 44.0 Å². The van der Waals surface area contributed by atoms with Gasteiger partial charge in [-0.2, -0.15) is 0 Å². The predicted octanol–water partition coefficient (Wildman–Crippen LogP) is 3.07. The minimum Gasteiger partial charge on any atom is -0.481 e. The lowest BCUT2D eigenvalue weighted by Crippen LogP contribution is -2.42. The van der Waals surface area contributed by atoms with Crippen molar-refractivity contribution < 1.29 is 19.5 Å². The zero-order chi connectivity index (χ0) is 19.8. The van der Waals surface area contributed by atoms with Gasteiger partial charge in [-0.1, -0.05) is 19.1 Å². The third kappa shape index (κ3) is 3.89. The first-order chi connectivity index (χ1) is 12.7. The maximum absolute atomic E-state index is 12.7. The molecule has 144 valence electrons. The fourth-order valence-corrected chi connectivity index (χ4v) is 3.91. The molecular formula is C21H26N2O4. The zero-order valence-electron chi connectivity index (χ0n) is 15.9. The highest BCUT2D eigenvalue weighted by Gasteiger charge is 2.51. The van der Waals surface area contributed by atoms with Gasteiger partial charge in [-0.15, -0.1) is 0 Å². The standard InChI is InChI=1S/C21H26N2O4/c1-4-21(2,3)23-18(24)12-7-9-15(10-8-12)22-19(25)16-13-5-6-14(11-13)17(16)20(26)27/h5-10,13-14,16-17H,4,11H2,1-3H3,(H,22,25)(H,23,24)(H,26,27)/t13-,14-,16-,17+/m0/s1. The number of carbonyl (C=O) groups excluding carboxylic acids is 2. The van der Waals surface area contributed by atoms with Crippen LogP contribution in [0.3, 0.4) is 0 Å². The van der Waals surface area contributed by atoms with Gasteiger partial charge in [0.15, 0.2) is 0 Å². The average Bonchev–Trinajstić information content (AvgIpc) is 3.23. The fourth-order valence-electron chi connectivity index (χ4n) is 3.91. The van der Waals surface area contributed by atoms with Crippen LogP contribution in [0.2, 0.25) is 0 Å². The van der Waals surface area contributed by atoms with E-state index < -0.39 is 17.8 Å². The van der Waals surface area contributed by atoms with Gasteiger partial charge in [0, 0.05) is 16.8 Å². The molecule has 3 N–H and O–H groups in total. The molecule has 4 atom stereocenters. The largest absolute Gasteiger partial charge is 0.481 e. The highest BCUT2D eigenvalue weighted by molar-refractivity contribution is 5.98. The maximum atomic E-state index is 12.7. The number of fused-ring (bicyclic) bond motifs is 2. The molecule has 0 radical (unpaired) electrons. The van der Waals surface area contributed by atoms with Crippen LogP contribution >= 0.6 is 0 Å². The minimum absolute atomic E-state index is 0.0163. The minimum atomic E-state index is -0.919. The van der Waals surface area contributed by atoms with Crippen LogP contribution in [0, 0.1) is 23.7 Å². The van der Waals surface area contributed by atoms with Crippen molar-refractivity contribution in [2.75, 3.05) is 5.32 Å². The summed E-state index contributed by atoms with van der Waals surface area (Å²) in [5.41, 5.74) is 0.786. The number of anilines is 1. The van der Waals surface area contributed by atoms with E-state index in [0.717, 1.165) is 12.8 Å². The Morgan fingerprint density at radius 1 is 1.07 bits per heavy atom. The Morgan fingerprint density at radius 3 is 2.22 bits per heavy atom. The SMILES string of the molecule is CCC(C)(C)NC(=O)c1ccc(NC(=O)[C@@H]2[C@H](C(=O)O)[C@H]3C=C[C@H]2C3)cc1. The van der Waals surface area contributed by atoms with Crippen molar-refractivity contribution in [1.82, 2.24) is 5.32 Å². The van der Waals surface area contributed by atoms with E-state index in [1.165, 1.54) is 0 Å². The number of aliphatic carboxylic acids is 1. The molecule has 0 heterocycles. The molecule has 0 aromatic heterocycles. The number of carboxylic acids is 1. The molecule has 0 spiro atoms. The molecule has 2 aliphatic carbocycles. The number of carbonyl (C=O) groups is 3. The summed E-state index contributed by atoms with van der Waals surface area (Å²) in [5, 5.41) is 15.2. The van der Waals surface area contributed by atoms with Gasteiger partial charge in [0.25, 0.3) is 5.91 Å². The van der Waals surface area contributed by atoms with Crippen molar-refractivity contribution in [1.29, 1.82) is 0 Å². The molecule has 0 saturated heterocycles. The highest BCUT2D eigenvalue weighted by atomic mass is 16.4. The number of hydrogen-bond acceptors (Lipinski definition) is 3. The Balaban J connectivity index is 1.66. The van der Waals surface area contributed by atoms with E-state index in [1.54, 1.807) is 24.3 Å². The third-order valence-electron chi connectivity index (χ3n) is 5.80. The second-order valence-electron chi connectivity index (χ2n) is 8.10. The highest BCUT2D eigenvalue weighted by Crippen LogP contribution is 2.48. The predicted molar refractivity (Wildman–Crippen MR) is 102 cm³/mol. The van der Waals surface area contributed by atoms with E-state index in [0.29, 0.717) is 11.3 Å². The second-order valence-corrected chi connectivity index (χ2v) is 8.10. The van der Waals surface area contributed by atoms with Crippen LogP contribution < -0.4 is 10.6 Å². The van der Waals surface area contributed by atoms with Crippen LogP contribution in [0.5, 0.6) is 0 Å². The molecule has 2 aliphatic rings.